The summed E-state index contributed by atoms with van der Waals surface area (Å²) >= 11 is 6.06. The van der Waals surface area contributed by atoms with E-state index in [-0.39, 0.29) is 53.0 Å². The number of nitrogens with zero attached hydrogens (tertiary/aromatic N) is 4. The monoisotopic (exact) mass is 697 g/mol. The third kappa shape index (κ3) is 5.65. The van der Waals surface area contributed by atoms with Gasteiger partial charge < -0.3 is 30.5 Å². The maximum atomic E-state index is 13.5. The average Bonchev–Trinajstić information content (AvgIpc) is 3.76. The number of ether oxygens (including phenoxy) is 2. The van der Waals surface area contributed by atoms with Crippen molar-refractivity contribution in [3.05, 3.63) is 11.6 Å². The van der Waals surface area contributed by atoms with Gasteiger partial charge in [0.25, 0.3) is 0 Å². The fourth-order valence-corrected chi connectivity index (χ4v) is 11.9. The highest BCUT2D eigenvalue weighted by Crippen LogP contribution is 2.68. The number of esters is 1. The standard InChI is InChI=1S/C37H52ClN5O6/c1-5-20(23-8-9-24-30-25(12-14-36(23,24)4)35(3)13-11-22(45)15-21(35)16-26(30)46)7-10-29(47)48-27-17-28(49-37(27,6-2)18-44)43-19-40-31-32(39)41-34(38)42-33(31)43/h2,19-28,30,44-46H,5,7-18H2,1,3-4H3,(H2,39,41,42)/t20-,21+,22-,23-,24+,25+,26+,27+,28-,30+,35+,36-,37-/m1/s1. The van der Waals surface area contributed by atoms with Crippen LogP contribution in [0.1, 0.15) is 104 Å². The minimum Gasteiger partial charge on any atom is -0.458 e. The van der Waals surface area contributed by atoms with Gasteiger partial charge in [-0.25, -0.2) is 4.98 Å². The molecule has 0 spiro atoms. The lowest BCUT2D eigenvalue weighted by atomic mass is 9.43. The molecule has 0 radical (unpaired) electrons. The molecule has 4 aliphatic carbocycles. The van der Waals surface area contributed by atoms with Crippen LogP contribution in [-0.2, 0) is 14.3 Å². The second-order valence-electron chi connectivity index (χ2n) is 16.3. The van der Waals surface area contributed by atoms with Crippen molar-refractivity contribution < 1.29 is 29.6 Å². The SMILES string of the molecule is C#C[C@]1(CO)O[C@@H](n2cnc3c(N)nc(Cl)nc32)C[C@@H]1OC(=O)CC[C@@H](CC)[C@H]1CC[C@H]2[C@@H]3[C@@H](O)C[C@@H]4C[C@H](O)CC[C@]4(C)[C@H]3CC[C@]12C. The largest absolute Gasteiger partial charge is 0.458 e. The van der Waals surface area contributed by atoms with Crippen molar-refractivity contribution in [2.45, 2.75) is 128 Å². The van der Waals surface area contributed by atoms with Crippen molar-refractivity contribution in [1.82, 2.24) is 19.5 Å². The maximum absolute atomic E-state index is 13.5. The van der Waals surface area contributed by atoms with E-state index in [2.05, 4.69) is 41.6 Å². The summed E-state index contributed by atoms with van der Waals surface area (Å²) in [6, 6.07) is 0. The number of rotatable bonds is 8. The first-order valence-electron chi connectivity index (χ1n) is 18.3. The summed E-state index contributed by atoms with van der Waals surface area (Å²) in [6.45, 7) is 6.59. The molecule has 0 bridgehead atoms. The Morgan fingerprint density at radius 2 is 1.92 bits per heavy atom. The van der Waals surface area contributed by atoms with Gasteiger partial charge in [0.1, 0.15) is 17.8 Å². The number of nitrogen functional groups attached to an aromatic ring is 1. The van der Waals surface area contributed by atoms with Gasteiger partial charge in [-0.2, -0.15) is 9.97 Å². The van der Waals surface area contributed by atoms with Crippen LogP contribution in [0.2, 0.25) is 5.28 Å². The molecule has 0 amide bonds. The molecular weight excluding hydrogens is 646 g/mol. The van der Waals surface area contributed by atoms with E-state index >= 15 is 0 Å². The summed E-state index contributed by atoms with van der Waals surface area (Å²) in [7, 11) is 0. The average molecular weight is 698 g/mol. The van der Waals surface area contributed by atoms with Crippen LogP contribution in [0.15, 0.2) is 6.33 Å². The Balaban J connectivity index is 1.02. The molecule has 2 aromatic rings. The molecule has 13 atom stereocenters. The van der Waals surface area contributed by atoms with Crippen LogP contribution in [0.25, 0.3) is 11.2 Å². The van der Waals surface area contributed by atoms with Crippen LogP contribution in [0, 0.1) is 58.7 Å². The lowest BCUT2D eigenvalue weighted by Gasteiger charge is -2.62. The number of anilines is 1. The molecule has 7 rings (SSSR count). The van der Waals surface area contributed by atoms with E-state index < -0.39 is 24.5 Å². The summed E-state index contributed by atoms with van der Waals surface area (Å²) in [5, 5.41) is 32.4. The third-order valence-corrected chi connectivity index (χ3v) is 14.5. The summed E-state index contributed by atoms with van der Waals surface area (Å²) in [6.07, 6.45) is 15.4. The molecule has 5 N–H and O–H groups in total. The Kier molecular flexibility index (Phi) is 9.22. The molecule has 5 fully saturated rings. The topological polar surface area (TPSA) is 166 Å². The molecule has 4 saturated carbocycles. The van der Waals surface area contributed by atoms with Gasteiger partial charge >= 0.3 is 5.97 Å². The first kappa shape index (κ1) is 34.9. The van der Waals surface area contributed by atoms with Crippen LogP contribution < -0.4 is 5.73 Å². The van der Waals surface area contributed by atoms with Gasteiger partial charge in [0.15, 0.2) is 17.1 Å². The summed E-state index contributed by atoms with van der Waals surface area (Å²) in [5.41, 5.74) is 5.48. The van der Waals surface area contributed by atoms with Gasteiger partial charge in [0, 0.05) is 12.8 Å². The number of fused-ring (bicyclic) bond motifs is 6. The van der Waals surface area contributed by atoms with Gasteiger partial charge in [-0.1, -0.05) is 33.1 Å². The van der Waals surface area contributed by atoms with Crippen LogP contribution in [0.3, 0.4) is 0 Å². The third-order valence-electron chi connectivity index (χ3n) is 14.3. The second kappa shape index (κ2) is 12.9. The summed E-state index contributed by atoms with van der Waals surface area (Å²) < 4.78 is 13.8. The number of aliphatic hydroxyl groups is 3. The van der Waals surface area contributed by atoms with Gasteiger partial charge in [-0.05, 0) is 116 Å². The number of aromatic nitrogens is 4. The van der Waals surface area contributed by atoms with E-state index in [1.54, 1.807) is 4.57 Å². The summed E-state index contributed by atoms with van der Waals surface area (Å²) in [5.74, 6) is 4.81. The predicted octanol–water partition coefficient (Wildman–Crippen LogP) is 5.05. The minimum atomic E-state index is -1.53. The van der Waals surface area contributed by atoms with Crippen LogP contribution in [0.4, 0.5) is 5.82 Å². The van der Waals surface area contributed by atoms with Gasteiger partial charge in [0.05, 0.1) is 25.1 Å². The number of imidazole rings is 1. The highest BCUT2D eigenvalue weighted by Gasteiger charge is 2.63. The molecule has 49 heavy (non-hydrogen) atoms. The van der Waals surface area contributed by atoms with E-state index in [1.807, 2.05) is 0 Å². The van der Waals surface area contributed by atoms with Crippen LogP contribution >= 0.6 is 11.6 Å². The van der Waals surface area contributed by atoms with E-state index in [0.717, 1.165) is 57.8 Å². The molecule has 0 aromatic carbocycles. The number of hydrogen-bond acceptors (Lipinski definition) is 10. The Morgan fingerprint density at radius 1 is 1.16 bits per heavy atom. The fraction of sp³-hybridized carbons (Fsp3) is 0.784. The molecule has 268 valence electrons. The molecule has 3 heterocycles. The van der Waals surface area contributed by atoms with E-state index in [1.165, 1.54) is 6.33 Å². The maximum Gasteiger partial charge on any atom is 0.306 e. The van der Waals surface area contributed by atoms with E-state index in [9.17, 15) is 20.1 Å². The van der Waals surface area contributed by atoms with Crippen molar-refractivity contribution in [2.75, 3.05) is 12.3 Å². The Labute approximate surface area is 293 Å². The second-order valence-corrected chi connectivity index (χ2v) is 16.7. The molecule has 0 unspecified atom stereocenters. The first-order valence-corrected chi connectivity index (χ1v) is 18.7. The predicted molar refractivity (Wildman–Crippen MR) is 184 cm³/mol. The van der Waals surface area contributed by atoms with Gasteiger partial charge in [-0.3, -0.25) is 9.36 Å². The van der Waals surface area contributed by atoms with Crippen molar-refractivity contribution in [2.24, 2.45) is 46.3 Å². The minimum absolute atomic E-state index is 0.0399. The number of carbonyl (C=O) groups is 1. The molecular formula is C37H52ClN5O6. The first-order chi connectivity index (χ1) is 23.4. The van der Waals surface area contributed by atoms with Crippen molar-refractivity contribution in [1.29, 1.82) is 0 Å². The van der Waals surface area contributed by atoms with Crippen LogP contribution in [0.5, 0.6) is 0 Å². The number of terminal acetylenes is 1. The molecule has 11 nitrogen and oxygen atoms in total. The Hall–Kier alpha value is -2.49. The zero-order chi connectivity index (χ0) is 34.9. The lowest BCUT2D eigenvalue weighted by molar-refractivity contribution is -0.174. The molecule has 1 saturated heterocycles. The van der Waals surface area contributed by atoms with Crippen LogP contribution in [-0.4, -0.2) is 71.3 Å². The number of halogens is 1. The fourth-order valence-electron chi connectivity index (χ4n) is 11.7. The number of carbonyl (C=O) groups excluding carboxylic acids is 1. The van der Waals surface area contributed by atoms with Gasteiger partial charge in [-0.15, -0.1) is 6.42 Å². The molecule has 5 aliphatic rings. The Bertz CT molecular complexity index is 1620. The van der Waals surface area contributed by atoms with E-state index in [4.69, 9.17) is 33.2 Å². The zero-order valence-corrected chi connectivity index (χ0v) is 29.7. The van der Waals surface area contributed by atoms with E-state index in [0.29, 0.717) is 53.1 Å². The smallest absolute Gasteiger partial charge is 0.306 e. The molecule has 12 heteroatoms. The lowest BCUT2D eigenvalue weighted by Crippen LogP contribution is -2.58. The molecule has 2 aromatic heterocycles. The summed E-state index contributed by atoms with van der Waals surface area (Å²) in [4.78, 5) is 26.0. The van der Waals surface area contributed by atoms with Crippen molar-refractivity contribution in [3.63, 3.8) is 0 Å². The molecule has 1 aliphatic heterocycles. The number of aliphatic hydroxyl groups excluding tert-OH is 3. The number of nitrogens with two attached hydrogens (primary N) is 1. The van der Waals surface area contributed by atoms with Crippen molar-refractivity contribution >= 4 is 34.6 Å². The number of hydrogen-bond donors (Lipinski definition) is 4. The van der Waals surface area contributed by atoms with Crippen molar-refractivity contribution in [3.8, 4) is 12.3 Å². The zero-order valence-electron chi connectivity index (χ0n) is 28.9. The highest BCUT2D eigenvalue weighted by atomic mass is 35.5. The normalized spacial score (nSPS) is 42.2. The quantitative estimate of drug-likeness (QED) is 0.167. The van der Waals surface area contributed by atoms with Gasteiger partial charge in [0.2, 0.25) is 5.28 Å². The Morgan fingerprint density at radius 3 is 2.65 bits per heavy atom. The highest BCUT2D eigenvalue weighted by molar-refractivity contribution is 6.28.